The van der Waals surface area contributed by atoms with Gasteiger partial charge in [-0.3, -0.25) is 10.1 Å². The second kappa shape index (κ2) is 6.52. The summed E-state index contributed by atoms with van der Waals surface area (Å²) in [6.45, 7) is 0.456. The number of non-ortho nitro benzene ring substituents is 1. The molecule has 0 amide bonds. The van der Waals surface area contributed by atoms with Crippen molar-refractivity contribution in [2.24, 2.45) is 0 Å². The predicted octanol–water partition coefficient (Wildman–Crippen LogP) is 3.40. The third-order valence-corrected chi connectivity index (χ3v) is 3.82. The molecule has 0 radical (unpaired) electrons. The summed E-state index contributed by atoms with van der Waals surface area (Å²) in [5.74, 6) is -0.452. The number of anilines is 1. The van der Waals surface area contributed by atoms with Crippen molar-refractivity contribution in [1.29, 1.82) is 0 Å². The van der Waals surface area contributed by atoms with E-state index in [-0.39, 0.29) is 16.9 Å². The minimum absolute atomic E-state index is 0.103. The Morgan fingerprint density at radius 1 is 1.32 bits per heavy atom. The zero-order valence-electron chi connectivity index (χ0n) is 13.3. The van der Waals surface area contributed by atoms with Gasteiger partial charge in [-0.05, 0) is 29.8 Å². The normalized spacial score (nSPS) is 10.6. The summed E-state index contributed by atoms with van der Waals surface area (Å²) in [5.41, 5.74) is 1.47. The van der Waals surface area contributed by atoms with Crippen molar-refractivity contribution in [1.82, 2.24) is 4.98 Å². The first kappa shape index (κ1) is 16.3. The molecule has 8 nitrogen and oxygen atoms in total. The lowest BCUT2D eigenvalue weighted by Gasteiger charge is -2.09. The number of methoxy groups -OCH3 is 1. The molecule has 0 saturated carbocycles. The Bertz CT molecular complexity index is 964. The third-order valence-electron chi connectivity index (χ3n) is 3.82. The molecule has 0 saturated heterocycles. The Kier molecular flexibility index (Phi) is 4.25. The molecule has 0 atom stereocenters. The maximum Gasteiger partial charge on any atom is 0.352 e. The summed E-state index contributed by atoms with van der Waals surface area (Å²) in [4.78, 5) is 24.4. The van der Waals surface area contributed by atoms with Crippen LogP contribution in [0.3, 0.4) is 0 Å². The lowest BCUT2D eigenvalue weighted by Crippen LogP contribution is -2.00. The molecule has 25 heavy (non-hydrogen) atoms. The van der Waals surface area contributed by atoms with E-state index < -0.39 is 10.9 Å². The largest absolute Gasteiger partial charge is 0.497 e. The van der Waals surface area contributed by atoms with Crippen molar-refractivity contribution in [3.05, 3.63) is 63.8 Å². The minimum Gasteiger partial charge on any atom is -0.497 e. The van der Waals surface area contributed by atoms with E-state index in [0.717, 1.165) is 11.3 Å². The number of aromatic carboxylic acids is 1. The second-order valence-electron chi connectivity index (χ2n) is 5.37. The number of ether oxygens (including phenoxy) is 1. The number of H-pyrrole nitrogens is 1. The smallest absolute Gasteiger partial charge is 0.352 e. The summed E-state index contributed by atoms with van der Waals surface area (Å²) in [5, 5.41) is 23.9. The molecular formula is C17H15N3O5. The summed E-state index contributed by atoms with van der Waals surface area (Å²) >= 11 is 0. The standard InChI is InChI=1S/C17H15N3O5/c1-25-11-4-2-3-10(7-11)9-18-13-5-6-15(20(23)24)16-12(13)8-14(19-16)17(21)22/h2-8,18-19H,9H2,1H3,(H,21,22). The highest BCUT2D eigenvalue weighted by Gasteiger charge is 2.19. The van der Waals surface area contributed by atoms with Gasteiger partial charge in [-0.1, -0.05) is 12.1 Å². The molecule has 1 heterocycles. The van der Waals surface area contributed by atoms with Crippen LogP contribution in [-0.2, 0) is 6.54 Å². The van der Waals surface area contributed by atoms with E-state index in [2.05, 4.69) is 10.3 Å². The molecule has 1 aromatic heterocycles. The fourth-order valence-electron chi connectivity index (χ4n) is 2.61. The van der Waals surface area contributed by atoms with Crippen LogP contribution in [0.5, 0.6) is 5.75 Å². The number of nitrogens with one attached hydrogen (secondary N) is 2. The van der Waals surface area contributed by atoms with Crippen LogP contribution in [0.25, 0.3) is 10.9 Å². The van der Waals surface area contributed by atoms with E-state index in [1.807, 2.05) is 24.3 Å². The van der Waals surface area contributed by atoms with E-state index in [1.54, 1.807) is 13.2 Å². The van der Waals surface area contributed by atoms with Crippen molar-refractivity contribution < 1.29 is 19.6 Å². The number of nitro benzene ring substituents is 1. The monoisotopic (exact) mass is 341 g/mol. The Labute approximate surface area is 142 Å². The van der Waals surface area contributed by atoms with E-state index in [1.165, 1.54) is 12.1 Å². The fourth-order valence-corrected chi connectivity index (χ4v) is 2.61. The second-order valence-corrected chi connectivity index (χ2v) is 5.37. The molecule has 3 aromatic rings. The fraction of sp³-hybridized carbons (Fsp3) is 0.118. The van der Waals surface area contributed by atoms with Crippen LogP contribution in [0, 0.1) is 10.1 Å². The topological polar surface area (TPSA) is 117 Å². The number of carboxylic acid groups (broad SMARTS) is 1. The highest BCUT2D eigenvalue weighted by atomic mass is 16.6. The lowest BCUT2D eigenvalue weighted by molar-refractivity contribution is -0.383. The van der Waals surface area contributed by atoms with Gasteiger partial charge in [0.25, 0.3) is 5.69 Å². The van der Waals surface area contributed by atoms with Crippen LogP contribution >= 0.6 is 0 Å². The number of hydrogen-bond donors (Lipinski definition) is 3. The zero-order chi connectivity index (χ0) is 18.0. The van der Waals surface area contributed by atoms with Gasteiger partial charge in [0.15, 0.2) is 0 Å². The maximum absolute atomic E-state index is 11.2. The summed E-state index contributed by atoms with van der Waals surface area (Å²) < 4.78 is 5.18. The molecule has 0 fully saturated rings. The van der Waals surface area contributed by atoms with Crippen LogP contribution in [-0.4, -0.2) is 28.1 Å². The van der Waals surface area contributed by atoms with Gasteiger partial charge in [-0.25, -0.2) is 4.79 Å². The first-order valence-electron chi connectivity index (χ1n) is 7.40. The summed E-state index contributed by atoms with van der Waals surface area (Å²) in [6.07, 6.45) is 0. The summed E-state index contributed by atoms with van der Waals surface area (Å²) in [6, 6.07) is 11.8. The zero-order valence-corrected chi connectivity index (χ0v) is 13.3. The number of carboxylic acids is 1. The average Bonchev–Trinajstić information content (AvgIpc) is 3.05. The molecular weight excluding hydrogens is 326 g/mol. The highest BCUT2D eigenvalue weighted by Crippen LogP contribution is 2.32. The molecule has 0 aliphatic carbocycles. The molecule has 128 valence electrons. The van der Waals surface area contributed by atoms with Crippen molar-refractivity contribution >= 4 is 28.2 Å². The maximum atomic E-state index is 11.2. The average molecular weight is 341 g/mol. The lowest BCUT2D eigenvalue weighted by atomic mass is 10.1. The van der Waals surface area contributed by atoms with Crippen molar-refractivity contribution in [2.75, 3.05) is 12.4 Å². The Morgan fingerprint density at radius 2 is 2.12 bits per heavy atom. The first-order chi connectivity index (χ1) is 12.0. The molecule has 2 aromatic carbocycles. The van der Waals surface area contributed by atoms with Gasteiger partial charge >= 0.3 is 5.97 Å². The molecule has 3 N–H and O–H groups in total. The molecule has 0 spiro atoms. The highest BCUT2D eigenvalue weighted by molar-refractivity contribution is 6.02. The van der Waals surface area contributed by atoms with E-state index in [0.29, 0.717) is 17.6 Å². The SMILES string of the molecule is COc1cccc(CNc2ccc([N+](=O)[O-])c3[nH]c(C(=O)O)cc23)c1. The number of aromatic nitrogens is 1. The van der Waals surface area contributed by atoms with E-state index in [4.69, 9.17) is 9.84 Å². The minimum atomic E-state index is -1.18. The Morgan fingerprint density at radius 3 is 2.80 bits per heavy atom. The first-order valence-corrected chi connectivity index (χ1v) is 7.40. The van der Waals surface area contributed by atoms with E-state index >= 15 is 0 Å². The number of hydrogen-bond acceptors (Lipinski definition) is 5. The Balaban J connectivity index is 1.97. The van der Waals surface area contributed by atoms with Crippen LogP contribution in [0.4, 0.5) is 11.4 Å². The predicted molar refractivity (Wildman–Crippen MR) is 92.2 cm³/mol. The number of aromatic amines is 1. The van der Waals surface area contributed by atoms with Crippen molar-refractivity contribution in [3.63, 3.8) is 0 Å². The quantitative estimate of drug-likeness (QED) is 0.467. The van der Waals surface area contributed by atoms with Crippen LogP contribution in [0.1, 0.15) is 16.1 Å². The molecule has 0 aliphatic rings. The van der Waals surface area contributed by atoms with Crippen molar-refractivity contribution in [3.8, 4) is 5.75 Å². The van der Waals surface area contributed by atoms with Gasteiger partial charge in [0, 0.05) is 23.7 Å². The summed E-state index contributed by atoms with van der Waals surface area (Å²) in [7, 11) is 1.58. The van der Waals surface area contributed by atoms with Crippen LogP contribution < -0.4 is 10.1 Å². The Hall–Kier alpha value is -3.55. The van der Waals surface area contributed by atoms with Crippen LogP contribution in [0.2, 0.25) is 0 Å². The third kappa shape index (κ3) is 3.23. The van der Waals surface area contributed by atoms with Gasteiger partial charge in [-0.15, -0.1) is 0 Å². The molecule has 0 bridgehead atoms. The van der Waals surface area contributed by atoms with Gasteiger partial charge in [0.05, 0.1) is 12.0 Å². The van der Waals surface area contributed by atoms with Crippen molar-refractivity contribution in [2.45, 2.75) is 6.54 Å². The van der Waals surface area contributed by atoms with Gasteiger partial charge < -0.3 is 20.1 Å². The number of rotatable bonds is 6. The van der Waals surface area contributed by atoms with Crippen LogP contribution in [0.15, 0.2) is 42.5 Å². The molecule has 3 rings (SSSR count). The molecule has 0 unspecified atom stereocenters. The van der Waals surface area contributed by atoms with E-state index in [9.17, 15) is 14.9 Å². The van der Waals surface area contributed by atoms with Gasteiger partial charge in [0.2, 0.25) is 0 Å². The number of nitrogens with zero attached hydrogens (tertiary/aromatic N) is 1. The molecule has 0 aliphatic heterocycles. The molecule has 8 heteroatoms. The van der Waals surface area contributed by atoms with Gasteiger partial charge in [0.1, 0.15) is 17.0 Å². The number of nitro groups is 1. The number of carbonyl (C=O) groups is 1. The number of benzene rings is 2. The van der Waals surface area contributed by atoms with Gasteiger partial charge in [-0.2, -0.15) is 0 Å². The number of fused-ring (bicyclic) bond motifs is 1.